The van der Waals surface area contributed by atoms with E-state index >= 15 is 0 Å². The van der Waals surface area contributed by atoms with E-state index in [4.69, 9.17) is 0 Å². The van der Waals surface area contributed by atoms with Gasteiger partial charge in [-0.3, -0.25) is 24.0 Å². The minimum Gasteiger partial charge on any atom is -0.381 e. The minimum atomic E-state index is -1.72. The number of nitrogens with one attached hydrogen (secondary N) is 4. The van der Waals surface area contributed by atoms with Crippen LogP contribution in [-0.4, -0.2) is 80.9 Å². The predicted octanol–water partition coefficient (Wildman–Crippen LogP) is 2.21. The minimum absolute atomic E-state index is 0.0893. The Morgan fingerprint density at radius 1 is 0.979 bits per heavy atom. The first-order chi connectivity index (χ1) is 22.1. The van der Waals surface area contributed by atoms with E-state index in [2.05, 4.69) is 27.8 Å². The van der Waals surface area contributed by atoms with Crippen molar-refractivity contribution in [3.63, 3.8) is 0 Å². The van der Waals surface area contributed by atoms with Crippen LogP contribution in [0.25, 0.3) is 0 Å². The van der Waals surface area contributed by atoms with Gasteiger partial charge in [0.05, 0.1) is 11.9 Å². The highest BCUT2D eigenvalue weighted by Crippen LogP contribution is 2.39. The molecule has 4 atom stereocenters. The second-order valence-corrected chi connectivity index (χ2v) is 14.4. The average Bonchev–Trinajstić information content (AvgIpc) is 3.35. The van der Waals surface area contributed by atoms with Crippen LogP contribution in [0.4, 0.5) is 0 Å². The zero-order valence-corrected chi connectivity index (χ0v) is 28.8. The smallest absolute Gasteiger partial charge is 0.309 e. The zero-order valence-electron chi connectivity index (χ0n) is 28.0. The van der Waals surface area contributed by atoms with Gasteiger partial charge in [-0.15, -0.1) is 11.8 Å². The van der Waals surface area contributed by atoms with E-state index in [0.717, 1.165) is 22.3 Å². The van der Waals surface area contributed by atoms with Crippen LogP contribution in [-0.2, 0) is 36.9 Å². The van der Waals surface area contributed by atoms with Crippen molar-refractivity contribution < 1.29 is 29.1 Å². The van der Waals surface area contributed by atoms with Crippen molar-refractivity contribution in [2.24, 2.45) is 5.92 Å². The van der Waals surface area contributed by atoms with Gasteiger partial charge in [0, 0.05) is 17.8 Å². The van der Waals surface area contributed by atoms with Gasteiger partial charge in [-0.25, -0.2) is 0 Å². The highest BCUT2D eigenvalue weighted by Gasteiger charge is 2.50. The molecule has 5 N–H and O–H groups in total. The fraction of sp³-hybridized carbons (Fsp3) is 0.457. The maximum absolute atomic E-state index is 13.9. The van der Waals surface area contributed by atoms with Crippen molar-refractivity contribution in [2.45, 2.75) is 83.5 Å². The summed E-state index contributed by atoms with van der Waals surface area (Å²) in [6, 6.07) is 13.4. The Morgan fingerprint density at radius 3 is 2.23 bits per heavy atom. The Labute approximate surface area is 281 Å². The zero-order chi connectivity index (χ0) is 34.9. The molecule has 0 spiro atoms. The van der Waals surface area contributed by atoms with E-state index in [0.29, 0.717) is 0 Å². The molecule has 0 aromatic heterocycles. The van der Waals surface area contributed by atoms with Crippen molar-refractivity contribution in [1.82, 2.24) is 26.2 Å². The number of carbonyl (C=O) groups excluding carboxylic acids is 5. The number of thioether (sulfide) groups is 1. The number of nitrogens with zero attached hydrogens (tertiary/aromatic N) is 1. The second-order valence-electron chi connectivity index (χ2n) is 12.8. The number of carbonyl (C=O) groups is 5. The second kappa shape index (κ2) is 16.6. The van der Waals surface area contributed by atoms with E-state index in [-0.39, 0.29) is 31.3 Å². The van der Waals surface area contributed by atoms with Crippen LogP contribution in [0.3, 0.4) is 0 Å². The molecule has 5 amide bonds. The fourth-order valence-corrected chi connectivity index (χ4v) is 6.42. The lowest BCUT2D eigenvalue weighted by atomic mass is 9.96. The Balaban J connectivity index is 1.78. The van der Waals surface area contributed by atoms with Crippen molar-refractivity contribution in [3.8, 4) is 0 Å². The Morgan fingerprint density at radius 2 is 1.62 bits per heavy atom. The van der Waals surface area contributed by atoms with Gasteiger partial charge in [-0.05, 0) is 56.7 Å². The van der Waals surface area contributed by atoms with Gasteiger partial charge in [-0.2, -0.15) is 0 Å². The molecule has 2 aromatic carbocycles. The van der Waals surface area contributed by atoms with Crippen LogP contribution in [0.1, 0.15) is 51.3 Å². The molecule has 47 heavy (non-hydrogen) atoms. The number of amides is 5. The lowest BCUT2D eigenvalue weighted by Crippen LogP contribution is -2.61. The van der Waals surface area contributed by atoms with Gasteiger partial charge in [0.15, 0.2) is 6.10 Å². The van der Waals surface area contributed by atoms with Crippen LogP contribution in [0.2, 0.25) is 0 Å². The first-order valence-electron chi connectivity index (χ1n) is 15.6. The lowest BCUT2D eigenvalue weighted by Gasteiger charge is -2.34. The summed E-state index contributed by atoms with van der Waals surface area (Å²) in [4.78, 5) is 67.6. The Bertz CT molecular complexity index is 1460. The number of rotatable bonds is 13. The predicted molar refractivity (Wildman–Crippen MR) is 183 cm³/mol. The molecule has 1 heterocycles. The van der Waals surface area contributed by atoms with E-state index in [1.165, 1.54) is 16.7 Å². The molecule has 1 aliphatic heterocycles. The molecule has 1 aliphatic rings. The maximum Gasteiger partial charge on any atom is 0.309 e. The van der Waals surface area contributed by atoms with E-state index in [1.807, 2.05) is 51.1 Å². The standard InChI is InChI=1S/C35H47N5O6S/c1-21(2)18-36-31(43)29-35(6,7)47-20-40(29)34(46)28(41)26(17-24-14-9-8-10-15-24)38-30(42)27(22(3)4)39-33(45)32(44)37-19-25-16-12-11-13-23(25)5/h8-16,22,26-29,41H,1,17-20H2,2-7H3,(H,36,43)(H,37,44)(H,38,42)(H,39,45)/t26-,27-,28-,29+/m0/s1. The van der Waals surface area contributed by atoms with Crippen LogP contribution in [0.15, 0.2) is 66.7 Å². The molecule has 11 nitrogen and oxygen atoms in total. The summed E-state index contributed by atoms with van der Waals surface area (Å²) in [5.41, 5.74) is 3.31. The Kier molecular flexibility index (Phi) is 13.2. The van der Waals surface area contributed by atoms with Crippen molar-refractivity contribution >= 4 is 41.3 Å². The molecule has 0 saturated carbocycles. The van der Waals surface area contributed by atoms with Gasteiger partial charge in [-0.1, -0.05) is 80.6 Å². The molecule has 1 fully saturated rings. The van der Waals surface area contributed by atoms with Gasteiger partial charge in [0.2, 0.25) is 11.8 Å². The molecule has 1 saturated heterocycles. The third kappa shape index (κ3) is 10.2. The van der Waals surface area contributed by atoms with E-state index in [9.17, 15) is 29.1 Å². The normalized spacial score (nSPS) is 17.3. The number of aryl methyl sites for hydroxylation is 1. The van der Waals surface area contributed by atoms with Crippen molar-refractivity contribution in [1.29, 1.82) is 0 Å². The molecule has 3 rings (SSSR count). The quantitative estimate of drug-likeness (QED) is 0.162. The SMILES string of the molecule is C=C(C)CNC(=O)[C@H]1N(C(=O)[C@@H](O)[C@H](Cc2ccccc2)NC(=O)[C@@H](NC(=O)C(=O)NCc2ccccc2C)C(C)C)CSC1(C)C. The molecule has 0 radical (unpaired) electrons. The van der Waals surface area contributed by atoms with Crippen molar-refractivity contribution in [3.05, 3.63) is 83.4 Å². The van der Waals surface area contributed by atoms with Crippen LogP contribution >= 0.6 is 11.8 Å². The van der Waals surface area contributed by atoms with Crippen LogP contribution in [0, 0.1) is 12.8 Å². The number of hydrogen-bond acceptors (Lipinski definition) is 7. The van der Waals surface area contributed by atoms with Crippen molar-refractivity contribution in [2.75, 3.05) is 12.4 Å². The molecule has 254 valence electrons. The molecule has 2 aromatic rings. The first-order valence-corrected chi connectivity index (χ1v) is 16.6. The van der Waals surface area contributed by atoms with Gasteiger partial charge in [0.25, 0.3) is 5.91 Å². The van der Waals surface area contributed by atoms with Gasteiger partial charge in [0.1, 0.15) is 12.1 Å². The monoisotopic (exact) mass is 665 g/mol. The van der Waals surface area contributed by atoms with Gasteiger partial charge >= 0.3 is 11.8 Å². The van der Waals surface area contributed by atoms with E-state index in [1.54, 1.807) is 45.0 Å². The largest absolute Gasteiger partial charge is 0.381 e. The van der Waals surface area contributed by atoms with Crippen LogP contribution in [0.5, 0.6) is 0 Å². The summed E-state index contributed by atoms with van der Waals surface area (Å²) in [5, 5.41) is 22.2. The highest BCUT2D eigenvalue weighted by atomic mass is 32.2. The summed E-state index contributed by atoms with van der Waals surface area (Å²) in [6.45, 7) is 15.0. The molecule has 0 unspecified atom stereocenters. The molecular weight excluding hydrogens is 618 g/mol. The van der Waals surface area contributed by atoms with E-state index < -0.39 is 58.5 Å². The lowest BCUT2D eigenvalue weighted by molar-refractivity contribution is -0.148. The molecule has 12 heteroatoms. The third-order valence-corrected chi connectivity index (χ3v) is 9.42. The topological polar surface area (TPSA) is 157 Å². The Hall–Kier alpha value is -4.16. The number of benzene rings is 2. The average molecular weight is 666 g/mol. The summed E-state index contributed by atoms with van der Waals surface area (Å²) in [7, 11) is 0. The molecular formula is C35H47N5O6S. The molecule has 0 aliphatic carbocycles. The number of aliphatic hydroxyl groups is 1. The number of hydrogen-bond donors (Lipinski definition) is 5. The fourth-order valence-electron chi connectivity index (χ4n) is 5.28. The summed E-state index contributed by atoms with van der Waals surface area (Å²) < 4.78 is -0.639. The van der Waals surface area contributed by atoms with Crippen LogP contribution < -0.4 is 21.3 Å². The summed E-state index contributed by atoms with van der Waals surface area (Å²) >= 11 is 1.41. The van der Waals surface area contributed by atoms with Gasteiger partial charge < -0.3 is 31.3 Å². The number of aliphatic hydroxyl groups excluding tert-OH is 1. The third-order valence-electron chi connectivity index (χ3n) is 8.04. The summed E-state index contributed by atoms with van der Waals surface area (Å²) in [6.07, 6.45) is -1.63. The molecule has 0 bridgehead atoms. The highest BCUT2D eigenvalue weighted by molar-refractivity contribution is 8.00. The maximum atomic E-state index is 13.9. The summed E-state index contributed by atoms with van der Waals surface area (Å²) in [5.74, 6) is -3.89. The first kappa shape index (κ1) is 37.3.